The van der Waals surface area contributed by atoms with Crippen LogP contribution in [0.3, 0.4) is 0 Å². The predicted molar refractivity (Wildman–Crippen MR) is 104 cm³/mol. The number of H-pyrrole nitrogens is 1. The topological polar surface area (TPSA) is 71.2 Å². The van der Waals surface area contributed by atoms with E-state index in [-0.39, 0.29) is 5.56 Å². The Hall–Kier alpha value is -2.31. The van der Waals surface area contributed by atoms with Crippen molar-refractivity contribution in [3.05, 3.63) is 69.3 Å². The van der Waals surface area contributed by atoms with E-state index in [0.29, 0.717) is 11.4 Å². The fourth-order valence-corrected chi connectivity index (χ4v) is 3.33. The summed E-state index contributed by atoms with van der Waals surface area (Å²) in [7, 11) is 1.29. The molecule has 7 heteroatoms. The van der Waals surface area contributed by atoms with Gasteiger partial charge in [-0.05, 0) is 29.8 Å². The summed E-state index contributed by atoms with van der Waals surface area (Å²) in [5.74, 6) is -0.957. The van der Waals surface area contributed by atoms with E-state index in [1.54, 1.807) is 18.2 Å². The lowest BCUT2D eigenvalue weighted by Crippen LogP contribution is -2.43. The zero-order valence-electron chi connectivity index (χ0n) is 13.9. The van der Waals surface area contributed by atoms with E-state index < -0.39 is 17.9 Å². The van der Waals surface area contributed by atoms with Crippen LogP contribution in [0.15, 0.2) is 53.1 Å². The molecule has 26 heavy (non-hydrogen) atoms. The molecule has 2 N–H and O–H groups in total. The van der Waals surface area contributed by atoms with Crippen molar-refractivity contribution in [3.63, 3.8) is 0 Å². The second kappa shape index (κ2) is 7.93. The SMILES string of the molecule is COC(=O)C(Cc1c[nH]c2ccccc12)NC(=O)c1cc(Br)ccc1Cl. The molecule has 0 spiro atoms. The van der Waals surface area contributed by atoms with Crippen LogP contribution in [0.1, 0.15) is 15.9 Å². The number of esters is 1. The van der Waals surface area contributed by atoms with Crippen LogP contribution in [0.4, 0.5) is 0 Å². The average Bonchev–Trinajstić information content (AvgIpc) is 3.05. The smallest absolute Gasteiger partial charge is 0.328 e. The number of benzene rings is 2. The Labute approximate surface area is 163 Å². The molecule has 0 aliphatic rings. The Bertz CT molecular complexity index is 970. The quantitative estimate of drug-likeness (QED) is 0.593. The minimum atomic E-state index is -0.832. The molecule has 0 radical (unpaired) electrons. The van der Waals surface area contributed by atoms with Crippen LogP contribution >= 0.6 is 27.5 Å². The molecule has 5 nitrogen and oxygen atoms in total. The van der Waals surface area contributed by atoms with Crippen molar-refractivity contribution in [2.24, 2.45) is 0 Å². The first-order chi connectivity index (χ1) is 12.5. The summed E-state index contributed by atoms with van der Waals surface area (Å²) in [5.41, 5.74) is 2.16. The molecule has 3 aromatic rings. The Kier molecular flexibility index (Phi) is 5.64. The molecular formula is C19H16BrClN2O3. The van der Waals surface area contributed by atoms with Gasteiger partial charge in [0.25, 0.3) is 5.91 Å². The highest BCUT2D eigenvalue weighted by Crippen LogP contribution is 2.22. The fourth-order valence-electron chi connectivity index (χ4n) is 2.76. The number of hydrogen-bond donors (Lipinski definition) is 2. The van der Waals surface area contributed by atoms with E-state index in [2.05, 4.69) is 26.2 Å². The van der Waals surface area contributed by atoms with Gasteiger partial charge in [0, 0.05) is 28.0 Å². The minimum Gasteiger partial charge on any atom is -0.467 e. The summed E-state index contributed by atoms with van der Waals surface area (Å²) in [6, 6.07) is 11.9. The number of amides is 1. The first-order valence-electron chi connectivity index (χ1n) is 7.88. The lowest BCUT2D eigenvalue weighted by Gasteiger charge is -2.17. The van der Waals surface area contributed by atoms with Crippen molar-refractivity contribution < 1.29 is 14.3 Å². The summed E-state index contributed by atoms with van der Waals surface area (Å²) < 4.78 is 5.58. The van der Waals surface area contributed by atoms with E-state index in [4.69, 9.17) is 16.3 Å². The van der Waals surface area contributed by atoms with Crippen molar-refractivity contribution in [1.29, 1.82) is 0 Å². The van der Waals surface area contributed by atoms with Crippen molar-refractivity contribution in [1.82, 2.24) is 10.3 Å². The maximum Gasteiger partial charge on any atom is 0.328 e. The van der Waals surface area contributed by atoms with Gasteiger partial charge in [0.1, 0.15) is 6.04 Å². The first-order valence-corrected chi connectivity index (χ1v) is 9.05. The molecule has 1 unspecified atom stereocenters. The second-order valence-electron chi connectivity index (χ2n) is 5.74. The molecular weight excluding hydrogens is 420 g/mol. The summed E-state index contributed by atoms with van der Waals surface area (Å²) in [6.07, 6.45) is 2.13. The monoisotopic (exact) mass is 434 g/mol. The van der Waals surface area contributed by atoms with Gasteiger partial charge in [0.2, 0.25) is 0 Å². The third-order valence-electron chi connectivity index (χ3n) is 4.06. The molecule has 1 amide bonds. The molecule has 1 heterocycles. The number of carbonyl (C=O) groups excluding carboxylic acids is 2. The minimum absolute atomic E-state index is 0.286. The van der Waals surface area contributed by atoms with Gasteiger partial charge in [-0.15, -0.1) is 0 Å². The van der Waals surface area contributed by atoms with E-state index in [0.717, 1.165) is 20.9 Å². The number of para-hydroxylation sites is 1. The highest BCUT2D eigenvalue weighted by Gasteiger charge is 2.24. The normalized spacial score (nSPS) is 12.0. The van der Waals surface area contributed by atoms with E-state index in [9.17, 15) is 9.59 Å². The number of fused-ring (bicyclic) bond motifs is 1. The summed E-state index contributed by atoms with van der Waals surface area (Å²) >= 11 is 9.42. The zero-order chi connectivity index (χ0) is 18.7. The highest BCUT2D eigenvalue weighted by atomic mass is 79.9. The maximum atomic E-state index is 12.6. The highest BCUT2D eigenvalue weighted by molar-refractivity contribution is 9.10. The molecule has 1 atom stereocenters. The molecule has 0 saturated heterocycles. The number of nitrogens with one attached hydrogen (secondary N) is 2. The van der Waals surface area contributed by atoms with Gasteiger partial charge in [-0.25, -0.2) is 4.79 Å². The Morgan fingerprint density at radius 3 is 2.81 bits per heavy atom. The second-order valence-corrected chi connectivity index (χ2v) is 7.06. The Morgan fingerprint density at radius 2 is 2.04 bits per heavy atom. The van der Waals surface area contributed by atoms with Crippen molar-refractivity contribution in [2.75, 3.05) is 7.11 Å². The number of carbonyl (C=O) groups is 2. The third-order valence-corrected chi connectivity index (χ3v) is 4.89. The van der Waals surface area contributed by atoms with E-state index in [1.165, 1.54) is 7.11 Å². The van der Waals surface area contributed by atoms with E-state index >= 15 is 0 Å². The predicted octanol–water partition coefficient (Wildman–Crippen LogP) is 4.10. The molecule has 134 valence electrons. The molecule has 1 aromatic heterocycles. The lowest BCUT2D eigenvalue weighted by molar-refractivity contribution is -0.142. The largest absolute Gasteiger partial charge is 0.467 e. The van der Waals surface area contributed by atoms with Gasteiger partial charge < -0.3 is 15.0 Å². The van der Waals surface area contributed by atoms with Crippen LogP contribution < -0.4 is 5.32 Å². The van der Waals surface area contributed by atoms with Gasteiger partial charge >= 0.3 is 5.97 Å². The van der Waals surface area contributed by atoms with Crippen LogP contribution in [0.25, 0.3) is 10.9 Å². The number of aromatic amines is 1. The first kappa shape index (κ1) is 18.5. The zero-order valence-corrected chi connectivity index (χ0v) is 16.2. The summed E-state index contributed by atoms with van der Waals surface area (Å²) in [6.45, 7) is 0. The van der Waals surface area contributed by atoms with Crippen LogP contribution in [0.5, 0.6) is 0 Å². The number of hydrogen-bond acceptors (Lipinski definition) is 3. The maximum absolute atomic E-state index is 12.6. The van der Waals surface area contributed by atoms with Crippen LogP contribution in [-0.4, -0.2) is 30.0 Å². The van der Waals surface area contributed by atoms with E-state index in [1.807, 2.05) is 30.5 Å². The number of ether oxygens (including phenoxy) is 1. The van der Waals surface area contributed by atoms with Gasteiger partial charge in [-0.1, -0.05) is 45.7 Å². The molecule has 0 bridgehead atoms. The fraction of sp³-hybridized carbons (Fsp3) is 0.158. The lowest BCUT2D eigenvalue weighted by atomic mass is 10.0. The number of aromatic nitrogens is 1. The molecule has 0 aliphatic heterocycles. The Morgan fingerprint density at radius 1 is 1.27 bits per heavy atom. The molecule has 0 aliphatic carbocycles. The van der Waals surface area contributed by atoms with Gasteiger partial charge in [-0.3, -0.25) is 4.79 Å². The van der Waals surface area contributed by atoms with Crippen molar-refractivity contribution in [3.8, 4) is 0 Å². The number of halogens is 2. The van der Waals surface area contributed by atoms with Crippen LogP contribution in [-0.2, 0) is 16.0 Å². The number of rotatable bonds is 5. The Balaban J connectivity index is 1.85. The van der Waals surface area contributed by atoms with Gasteiger partial charge in [-0.2, -0.15) is 0 Å². The van der Waals surface area contributed by atoms with Crippen LogP contribution in [0.2, 0.25) is 5.02 Å². The standard InChI is InChI=1S/C19H16BrClN2O3/c1-26-19(25)17(8-11-10-22-16-5-3-2-4-13(11)16)23-18(24)14-9-12(20)6-7-15(14)21/h2-7,9-10,17,22H,8H2,1H3,(H,23,24). The number of methoxy groups -OCH3 is 1. The third kappa shape index (κ3) is 3.92. The van der Waals surface area contributed by atoms with Gasteiger partial charge in [0.05, 0.1) is 17.7 Å². The van der Waals surface area contributed by atoms with Crippen molar-refractivity contribution in [2.45, 2.75) is 12.5 Å². The average molecular weight is 436 g/mol. The molecule has 2 aromatic carbocycles. The van der Waals surface area contributed by atoms with Gasteiger partial charge in [0.15, 0.2) is 0 Å². The van der Waals surface area contributed by atoms with Crippen LogP contribution in [0, 0.1) is 0 Å². The molecule has 0 fully saturated rings. The summed E-state index contributed by atoms with van der Waals surface area (Å²) in [5, 5.41) is 4.03. The van der Waals surface area contributed by atoms with Crippen molar-refractivity contribution >= 4 is 50.3 Å². The summed E-state index contributed by atoms with van der Waals surface area (Å²) in [4.78, 5) is 28.0. The molecule has 3 rings (SSSR count). The molecule has 0 saturated carbocycles.